The first kappa shape index (κ1) is 23.2. The van der Waals surface area contributed by atoms with E-state index in [4.69, 9.17) is 15.2 Å². The van der Waals surface area contributed by atoms with E-state index in [1.807, 2.05) is 0 Å². The van der Waals surface area contributed by atoms with Crippen LogP contribution in [0, 0.1) is 17.3 Å². The number of nitrogens with two attached hydrogens (primary N) is 1. The van der Waals surface area contributed by atoms with Crippen molar-refractivity contribution in [2.45, 2.75) is 91.8 Å². The SMILES string of the molecule is CC(C)C(OCCC1CCCCC1)Oc1ccc(C(CN)CC(C)(C)C)cc1. The largest absolute Gasteiger partial charge is 0.465 e. The molecule has 0 heterocycles. The van der Waals surface area contributed by atoms with Crippen LogP contribution in [0.4, 0.5) is 0 Å². The van der Waals surface area contributed by atoms with Gasteiger partial charge in [0.15, 0.2) is 0 Å². The average molecular weight is 390 g/mol. The number of ether oxygens (including phenoxy) is 2. The van der Waals surface area contributed by atoms with Gasteiger partial charge in [-0.2, -0.15) is 0 Å². The quantitative estimate of drug-likeness (QED) is 0.464. The van der Waals surface area contributed by atoms with Crippen LogP contribution in [-0.2, 0) is 4.74 Å². The third kappa shape index (κ3) is 8.13. The highest BCUT2D eigenvalue weighted by Crippen LogP contribution is 2.32. The number of rotatable bonds is 10. The fourth-order valence-electron chi connectivity index (χ4n) is 4.22. The monoisotopic (exact) mass is 389 g/mol. The van der Waals surface area contributed by atoms with Crippen LogP contribution >= 0.6 is 0 Å². The Labute approximate surface area is 173 Å². The molecule has 2 rings (SSSR count). The molecule has 1 aromatic carbocycles. The Morgan fingerprint density at radius 1 is 1.04 bits per heavy atom. The minimum absolute atomic E-state index is 0.186. The van der Waals surface area contributed by atoms with E-state index in [0.29, 0.717) is 18.4 Å². The molecule has 0 radical (unpaired) electrons. The van der Waals surface area contributed by atoms with E-state index in [9.17, 15) is 0 Å². The van der Waals surface area contributed by atoms with Gasteiger partial charge in [0.05, 0.1) is 6.61 Å². The van der Waals surface area contributed by atoms with Crippen molar-refractivity contribution in [2.24, 2.45) is 23.0 Å². The smallest absolute Gasteiger partial charge is 0.202 e. The van der Waals surface area contributed by atoms with Crippen LogP contribution in [0.25, 0.3) is 0 Å². The van der Waals surface area contributed by atoms with Gasteiger partial charge in [0, 0.05) is 5.92 Å². The Morgan fingerprint density at radius 3 is 2.21 bits per heavy atom. The summed E-state index contributed by atoms with van der Waals surface area (Å²) in [5, 5.41) is 0. The van der Waals surface area contributed by atoms with E-state index in [0.717, 1.165) is 31.1 Å². The summed E-state index contributed by atoms with van der Waals surface area (Å²) in [4.78, 5) is 0. The molecule has 1 aliphatic carbocycles. The molecular weight excluding hydrogens is 346 g/mol. The lowest BCUT2D eigenvalue weighted by Crippen LogP contribution is -2.28. The van der Waals surface area contributed by atoms with Gasteiger partial charge in [-0.05, 0) is 54.3 Å². The number of hydrogen-bond acceptors (Lipinski definition) is 3. The fourth-order valence-corrected chi connectivity index (χ4v) is 4.22. The Bertz CT molecular complexity index is 541. The molecule has 28 heavy (non-hydrogen) atoms. The highest BCUT2D eigenvalue weighted by atomic mass is 16.7. The molecule has 1 fully saturated rings. The molecule has 0 amide bonds. The van der Waals surface area contributed by atoms with Gasteiger partial charge in [0.25, 0.3) is 0 Å². The van der Waals surface area contributed by atoms with Crippen LogP contribution in [0.5, 0.6) is 5.75 Å². The lowest BCUT2D eigenvalue weighted by molar-refractivity contribution is -0.111. The first-order valence-electron chi connectivity index (χ1n) is 11.4. The molecule has 3 heteroatoms. The van der Waals surface area contributed by atoms with E-state index >= 15 is 0 Å². The van der Waals surface area contributed by atoms with Crippen LogP contribution < -0.4 is 10.5 Å². The minimum atomic E-state index is -0.186. The molecule has 0 spiro atoms. The van der Waals surface area contributed by atoms with Gasteiger partial charge in [-0.15, -0.1) is 0 Å². The molecule has 160 valence electrons. The number of benzene rings is 1. The maximum Gasteiger partial charge on any atom is 0.202 e. The lowest BCUT2D eigenvalue weighted by Gasteiger charge is -2.27. The van der Waals surface area contributed by atoms with Gasteiger partial charge in [-0.1, -0.05) is 78.9 Å². The van der Waals surface area contributed by atoms with Crippen LogP contribution in [0.3, 0.4) is 0 Å². The second kappa shape index (κ2) is 11.2. The average Bonchev–Trinajstić information content (AvgIpc) is 2.66. The Hall–Kier alpha value is -1.06. The van der Waals surface area contributed by atoms with E-state index < -0.39 is 0 Å². The van der Waals surface area contributed by atoms with Crippen molar-refractivity contribution in [3.05, 3.63) is 29.8 Å². The summed E-state index contributed by atoms with van der Waals surface area (Å²) >= 11 is 0. The van der Waals surface area contributed by atoms with Crippen LogP contribution in [0.2, 0.25) is 0 Å². The molecule has 1 saturated carbocycles. The van der Waals surface area contributed by atoms with E-state index in [2.05, 4.69) is 58.9 Å². The van der Waals surface area contributed by atoms with Crippen molar-refractivity contribution in [3.63, 3.8) is 0 Å². The number of hydrogen-bond donors (Lipinski definition) is 1. The highest BCUT2D eigenvalue weighted by molar-refractivity contribution is 5.30. The van der Waals surface area contributed by atoms with E-state index in [1.165, 1.54) is 37.7 Å². The standard InChI is InChI=1S/C25H43NO2/c1-19(2)24(27-16-15-20-9-7-6-8-10-20)28-23-13-11-21(12-14-23)22(18-26)17-25(3,4)5/h11-14,19-20,22,24H,6-10,15-18,26H2,1-5H3. The summed E-state index contributed by atoms with van der Waals surface area (Å²) in [5.41, 5.74) is 7.60. The fraction of sp³-hybridized carbons (Fsp3) is 0.760. The Balaban J connectivity index is 1.87. The molecule has 0 aromatic heterocycles. The second-order valence-electron chi connectivity index (χ2n) is 10.2. The van der Waals surface area contributed by atoms with Crippen molar-refractivity contribution >= 4 is 0 Å². The molecule has 0 saturated heterocycles. The zero-order valence-corrected chi connectivity index (χ0v) is 18.9. The highest BCUT2D eigenvalue weighted by Gasteiger charge is 2.21. The van der Waals surface area contributed by atoms with E-state index in [1.54, 1.807) is 0 Å². The topological polar surface area (TPSA) is 44.5 Å². The van der Waals surface area contributed by atoms with Crippen LogP contribution in [0.15, 0.2) is 24.3 Å². The van der Waals surface area contributed by atoms with Crippen molar-refractivity contribution in [1.82, 2.24) is 0 Å². The predicted octanol–water partition coefficient (Wildman–Crippen LogP) is 6.51. The van der Waals surface area contributed by atoms with Gasteiger partial charge in [0.2, 0.25) is 6.29 Å². The summed E-state index contributed by atoms with van der Waals surface area (Å²) in [7, 11) is 0. The first-order chi connectivity index (χ1) is 13.3. The maximum absolute atomic E-state index is 6.18. The van der Waals surface area contributed by atoms with Crippen LogP contribution in [0.1, 0.15) is 91.0 Å². The molecular formula is C25H43NO2. The van der Waals surface area contributed by atoms with E-state index in [-0.39, 0.29) is 11.7 Å². The lowest BCUT2D eigenvalue weighted by atomic mass is 9.81. The molecule has 0 aliphatic heterocycles. The Morgan fingerprint density at radius 2 is 1.68 bits per heavy atom. The minimum Gasteiger partial charge on any atom is -0.465 e. The van der Waals surface area contributed by atoms with Gasteiger partial charge in [0.1, 0.15) is 5.75 Å². The second-order valence-corrected chi connectivity index (χ2v) is 10.2. The third-order valence-electron chi connectivity index (χ3n) is 5.82. The molecule has 2 atom stereocenters. The van der Waals surface area contributed by atoms with Crippen molar-refractivity contribution < 1.29 is 9.47 Å². The van der Waals surface area contributed by atoms with Crippen molar-refractivity contribution in [2.75, 3.05) is 13.2 Å². The Kier molecular flexibility index (Phi) is 9.30. The molecule has 0 bridgehead atoms. The van der Waals surface area contributed by atoms with Gasteiger partial charge in [-0.3, -0.25) is 0 Å². The molecule has 3 nitrogen and oxygen atoms in total. The summed E-state index contributed by atoms with van der Waals surface area (Å²) in [6.45, 7) is 12.6. The van der Waals surface area contributed by atoms with Crippen LogP contribution in [-0.4, -0.2) is 19.4 Å². The zero-order chi connectivity index (χ0) is 20.6. The molecule has 2 unspecified atom stereocenters. The zero-order valence-electron chi connectivity index (χ0n) is 18.9. The maximum atomic E-state index is 6.18. The van der Waals surface area contributed by atoms with Crippen molar-refractivity contribution in [3.8, 4) is 5.75 Å². The summed E-state index contributed by atoms with van der Waals surface area (Å²) in [5.74, 6) is 2.44. The molecule has 2 N–H and O–H groups in total. The summed E-state index contributed by atoms with van der Waals surface area (Å²) in [6.07, 6.45) is 8.99. The molecule has 1 aliphatic rings. The normalized spacial score (nSPS) is 18.2. The third-order valence-corrected chi connectivity index (χ3v) is 5.82. The molecule has 1 aromatic rings. The van der Waals surface area contributed by atoms with Gasteiger partial charge < -0.3 is 15.2 Å². The summed E-state index contributed by atoms with van der Waals surface area (Å²) < 4.78 is 12.3. The first-order valence-corrected chi connectivity index (χ1v) is 11.4. The van der Waals surface area contributed by atoms with Gasteiger partial charge >= 0.3 is 0 Å². The van der Waals surface area contributed by atoms with Crippen molar-refractivity contribution in [1.29, 1.82) is 0 Å². The summed E-state index contributed by atoms with van der Waals surface area (Å²) in [6, 6.07) is 8.47. The van der Waals surface area contributed by atoms with Gasteiger partial charge in [-0.25, -0.2) is 0 Å². The predicted molar refractivity (Wildman–Crippen MR) is 119 cm³/mol.